The molecule has 0 bridgehead atoms. The van der Waals surface area contributed by atoms with Gasteiger partial charge in [-0.25, -0.2) is 4.98 Å². The van der Waals surface area contributed by atoms with E-state index in [4.69, 9.17) is 4.18 Å². The predicted octanol–water partition coefficient (Wildman–Crippen LogP) is 3.97. The van der Waals surface area contributed by atoms with Gasteiger partial charge < -0.3 is 4.18 Å². The highest BCUT2D eigenvalue weighted by Gasteiger charge is 2.18. The zero-order valence-electron chi connectivity index (χ0n) is 14.6. The van der Waals surface area contributed by atoms with Crippen molar-refractivity contribution in [2.45, 2.75) is 4.90 Å². The molecule has 29 heavy (non-hydrogen) atoms. The van der Waals surface area contributed by atoms with Crippen LogP contribution >= 0.6 is 15.9 Å². The molecule has 1 N–H and O–H groups in total. The average Bonchev–Trinajstić information content (AvgIpc) is 2.71. The summed E-state index contributed by atoms with van der Waals surface area (Å²) in [6.45, 7) is 0. The van der Waals surface area contributed by atoms with E-state index in [-0.39, 0.29) is 22.2 Å². The van der Waals surface area contributed by atoms with Crippen molar-refractivity contribution in [3.05, 3.63) is 87.0 Å². The molecule has 148 valence electrons. The molecule has 1 heterocycles. The quantitative estimate of drug-likeness (QED) is 0.236. The van der Waals surface area contributed by atoms with Crippen LogP contribution in [0.25, 0.3) is 0 Å². The summed E-state index contributed by atoms with van der Waals surface area (Å²) in [7, 11) is -4.01. The molecular weight excluding hydrogens is 464 g/mol. The van der Waals surface area contributed by atoms with Crippen LogP contribution in [0.15, 0.2) is 81.3 Å². The molecule has 3 aromatic rings. The lowest BCUT2D eigenvalue weighted by molar-refractivity contribution is -0.385. The molecule has 0 aliphatic rings. The standard InChI is InChI=1S/C18H13BrN4O5S/c19-14-6-8-17(28-29(26,27)16-4-2-1-3-5-16)13(10-14)11-21-22-18-9-7-15(12-20-18)23(24)25/h1-12H,(H,20,22). The SMILES string of the molecule is O=[N+]([O-])c1ccc(NN=Cc2cc(Br)ccc2OS(=O)(=O)c2ccccc2)nc1. The first kappa shape index (κ1) is 20.4. The van der Waals surface area contributed by atoms with Crippen LogP contribution in [-0.2, 0) is 10.1 Å². The molecule has 1 aromatic heterocycles. The Kier molecular flexibility index (Phi) is 6.20. The fourth-order valence-corrected chi connectivity index (χ4v) is 3.53. The van der Waals surface area contributed by atoms with Crippen LogP contribution in [0.4, 0.5) is 11.5 Å². The van der Waals surface area contributed by atoms with Crippen molar-refractivity contribution in [3.8, 4) is 5.75 Å². The molecule has 0 unspecified atom stereocenters. The highest BCUT2D eigenvalue weighted by Crippen LogP contribution is 2.25. The Morgan fingerprint density at radius 1 is 1.14 bits per heavy atom. The molecule has 11 heteroatoms. The number of nitrogens with one attached hydrogen (secondary N) is 1. The number of hydrogen-bond acceptors (Lipinski definition) is 8. The monoisotopic (exact) mass is 476 g/mol. The van der Waals surface area contributed by atoms with Gasteiger partial charge in [0, 0.05) is 16.1 Å². The molecule has 9 nitrogen and oxygen atoms in total. The molecule has 2 aromatic carbocycles. The van der Waals surface area contributed by atoms with Crippen molar-refractivity contribution in [1.29, 1.82) is 0 Å². The van der Waals surface area contributed by atoms with E-state index in [1.165, 1.54) is 36.5 Å². The first-order chi connectivity index (χ1) is 13.8. The zero-order chi connectivity index (χ0) is 20.9. The van der Waals surface area contributed by atoms with E-state index >= 15 is 0 Å². The van der Waals surface area contributed by atoms with Crippen LogP contribution < -0.4 is 9.61 Å². The molecule has 0 saturated carbocycles. The number of hydrazone groups is 1. The second-order valence-electron chi connectivity index (χ2n) is 5.56. The van der Waals surface area contributed by atoms with Crippen LogP contribution in [0.2, 0.25) is 0 Å². The van der Waals surface area contributed by atoms with Gasteiger partial charge in [0.05, 0.1) is 11.1 Å². The van der Waals surface area contributed by atoms with Crippen LogP contribution in [0.3, 0.4) is 0 Å². The number of rotatable bonds is 7. The second-order valence-corrected chi connectivity index (χ2v) is 8.02. The molecule has 0 saturated heterocycles. The summed E-state index contributed by atoms with van der Waals surface area (Å²) in [5, 5.41) is 14.6. The molecular formula is C18H13BrN4O5S. The van der Waals surface area contributed by atoms with E-state index in [2.05, 4.69) is 31.4 Å². The average molecular weight is 477 g/mol. The van der Waals surface area contributed by atoms with E-state index in [0.29, 0.717) is 10.0 Å². The van der Waals surface area contributed by atoms with Gasteiger partial charge in [0.2, 0.25) is 0 Å². The summed E-state index contributed by atoms with van der Waals surface area (Å²) in [4.78, 5) is 14.0. The summed E-state index contributed by atoms with van der Waals surface area (Å²) >= 11 is 3.32. The van der Waals surface area contributed by atoms with Crippen molar-refractivity contribution in [3.63, 3.8) is 0 Å². The van der Waals surface area contributed by atoms with E-state index in [1.54, 1.807) is 30.3 Å². The lowest BCUT2D eigenvalue weighted by Gasteiger charge is -2.10. The molecule has 0 amide bonds. The molecule has 0 aliphatic carbocycles. The van der Waals surface area contributed by atoms with Crippen molar-refractivity contribution in [2.24, 2.45) is 5.10 Å². The highest BCUT2D eigenvalue weighted by atomic mass is 79.9. The number of nitrogens with zero attached hydrogens (tertiary/aromatic N) is 3. The number of hydrogen-bond donors (Lipinski definition) is 1. The van der Waals surface area contributed by atoms with Crippen LogP contribution in [0.1, 0.15) is 5.56 Å². The van der Waals surface area contributed by atoms with Gasteiger partial charge in [0.15, 0.2) is 5.75 Å². The van der Waals surface area contributed by atoms with Crippen LogP contribution in [0.5, 0.6) is 5.75 Å². The van der Waals surface area contributed by atoms with Gasteiger partial charge in [-0.05, 0) is 36.4 Å². The number of halogens is 1. The number of nitro groups is 1. The van der Waals surface area contributed by atoms with Gasteiger partial charge in [-0.15, -0.1) is 0 Å². The summed E-state index contributed by atoms with van der Waals surface area (Å²) in [6.07, 6.45) is 2.45. The topological polar surface area (TPSA) is 124 Å². The van der Waals surface area contributed by atoms with E-state index in [1.807, 2.05) is 0 Å². The Bertz CT molecular complexity index is 1150. The smallest absolute Gasteiger partial charge is 0.339 e. The minimum Gasteiger partial charge on any atom is -0.378 e. The van der Waals surface area contributed by atoms with E-state index < -0.39 is 15.0 Å². The van der Waals surface area contributed by atoms with Gasteiger partial charge in [0.1, 0.15) is 16.9 Å². The zero-order valence-corrected chi connectivity index (χ0v) is 17.0. The Balaban J connectivity index is 1.80. The number of benzene rings is 2. The first-order valence-corrected chi connectivity index (χ1v) is 10.2. The van der Waals surface area contributed by atoms with E-state index in [0.717, 1.165) is 6.20 Å². The van der Waals surface area contributed by atoms with Gasteiger partial charge >= 0.3 is 10.1 Å². The third kappa shape index (κ3) is 5.36. The largest absolute Gasteiger partial charge is 0.378 e. The molecule has 3 rings (SSSR count). The summed E-state index contributed by atoms with van der Waals surface area (Å²) in [5.41, 5.74) is 2.85. The predicted molar refractivity (Wildman–Crippen MR) is 111 cm³/mol. The van der Waals surface area contributed by atoms with E-state index in [9.17, 15) is 18.5 Å². The lowest BCUT2D eigenvalue weighted by atomic mass is 10.2. The number of pyridine rings is 1. The Morgan fingerprint density at radius 2 is 1.90 bits per heavy atom. The molecule has 0 aliphatic heterocycles. The Labute approximate surface area is 174 Å². The number of aromatic nitrogens is 1. The van der Waals surface area contributed by atoms with Gasteiger partial charge in [-0.2, -0.15) is 13.5 Å². The van der Waals surface area contributed by atoms with Gasteiger partial charge in [-0.1, -0.05) is 34.1 Å². The Hall–Kier alpha value is -3.31. The minimum atomic E-state index is -4.01. The second kappa shape index (κ2) is 8.80. The summed E-state index contributed by atoms with van der Waals surface area (Å²) < 4.78 is 30.9. The van der Waals surface area contributed by atoms with Crippen LogP contribution in [-0.4, -0.2) is 24.5 Å². The fourth-order valence-electron chi connectivity index (χ4n) is 2.18. The van der Waals surface area contributed by atoms with Crippen molar-refractivity contribution >= 4 is 43.8 Å². The highest BCUT2D eigenvalue weighted by molar-refractivity contribution is 9.10. The third-order valence-electron chi connectivity index (χ3n) is 3.54. The van der Waals surface area contributed by atoms with Crippen LogP contribution in [0, 0.1) is 10.1 Å². The maximum absolute atomic E-state index is 12.5. The first-order valence-electron chi connectivity index (χ1n) is 8.04. The maximum atomic E-state index is 12.5. The molecule has 0 spiro atoms. The fraction of sp³-hybridized carbons (Fsp3) is 0. The van der Waals surface area contributed by atoms with Gasteiger partial charge in [-0.3, -0.25) is 15.5 Å². The lowest BCUT2D eigenvalue weighted by Crippen LogP contribution is -2.11. The van der Waals surface area contributed by atoms with Crippen molar-refractivity contribution in [2.75, 3.05) is 5.43 Å². The Morgan fingerprint density at radius 3 is 2.55 bits per heavy atom. The van der Waals surface area contributed by atoms with Crippen molar-refractivity contribution < 1.29 is 17.5 Å². The summed E-state index contributed by atoms with van der Waals surface area (Å²) in [6, 6.07) is 15.2. The van der Waals surface area contributed by atoms with Gasteiger partial charge in [0.25, 0.3) is 5.69 Å². The number of anilines is 1. The molecule has 0 atom stereocenters. The molecule has 0 fully saturated rings. The maximum Gasteiger partial charge on any atom is 0.339 e. The third-order valence-corrected chi connectivity index (χ3v) is 5.29. The normalized spacial score (nSPS) is 11.3. The summed E-state index contributed by atoms with van der Waals surface area (Å²) in [5.74, 6) is 0.362. The molecule has 0 radical (unpaired) electrons. The van der Waals surface area contributed by atoms with Crippen molar-refractivity contribution in [1.82, 2.24) is 4.98 Å². The minimum absolute atomic E-state index is 0.0269.